The van der Waals surface area contributed by atoms with Crippen LogP contribution >= 0.6 is 11.6 Å². The molecule has 1 aromatic heterocycles. The normalized spacial score (nSPS) is 10.8. The lowest BCUT2D eigenvalue weighted by molar-refractivity contribution is 0.0694. The maximum Gasteiger partial charge on any atom is 0.337 e. The number of nitrogens with zero attached hydrogens (tertiary/aromatic N) is 1. The van der Waals surface area contributed by atoms with E-state index in [-0.39, 0.29) is 11.5 Å². The molecule has 23 heavy (non-hydrogen) atoms. The van der Waals surface area contributed by atoms with Crippen LogP contribution in [0.3, 0.4) is 0 Å². The van der Waals surface area contributed by atoms with E-state index in [2.05, 4.69) is 4.98 Å². The molecule has 0 saturated heterocycles. The zero-order chi connectivity index (χ0) is 17.0. The SMILES string of the molecule is CCCOc1cc(Cl)ccc1-c1ccc(C(=O)O)c(C(C)C)n1. The van der Waals surface area contributed by atoms with E-state index in [1.807, 2.05) is 26.8 Å². The number of halogens is 1. The Morgan fingerprint density at radius 2 is 2.04 bits per heavy atom. The van der Waals surface area contributed by atoms with Crippen molar-refractivity contribution in [2.24, 2.45) is 0 Å². The zero-order valence-electron chi connectivity index (χ0n) is 13.5. The number of carboxylic acid groups (broad SMARTS) is 1. The number of rotatable bonds is 6. The van der Waals surface area contributed by atoms with Gasteiger partial charge in [-0.3, -0.25) is 4.98 Å². The Bertz CT molecular complexity index is 713. The average Bonchev–Trinajstić information content (AvgIpc) is 2.52. The van der Waals surface area contributed by atoms with Gasteiger partial charge in [-0.2, -0.15) is 0 Å². The first kappa shape index (κ1) is 17.3. The number of carboxylic acids is 1. The minimum atomic E-state index is -0.966. The molecule has 0 aliphatic rings. The third-order valence-corrected chi connectivity index (χ3v) is 3.62. The van der Waals surface area contributed by atoms with Crippen LogP contribution in [0.5, 0.6) is 5.75 Å². The molecule has 0 bridgehead atoms. The minimum absolute atomic E-state index is 0.00774. The van der Waals surface area contributed by atoms with E-state index in [0.29, 0.717) is 28.8 Å². The van der Waals surface area contributed by atoms with Gasteiger partial charge in [0.15, 0.2) is 0 Å². The lowest BCUT2D eigenvalue weighted by Gasteiger charge is -2.14. The Labute approximate surface area is 141 Å². The summed E-state index contributed by atoms with van der Waals surface area (Å²) >= 11 is 6.05. The quantitative estimate of drug-likeness (QED) is 0.807. The summed E-state index contributed by atoms with van der Waals surface area (Å²) in [5.41, 5.74) is 2.28. The molecule has 0 spiro atoms. The van der Waals surface area contributed by atoms with E-state index < -0.39 is 5.97 Å². The number of hydrogen-bond acceptors (Lipinski definition) is 3. The standard InChI is InChI=1S/C18H20ClNO3/c1-4-9-23-16-10-12(19)5-6-13(16)15-8-7-14(18(21)22)17(20-15)11(2)3/h5-8,10-11H,4,9H2,1-3H3,(H,21,22). The molecule has 1 N–H and O–H groups in total. The molecule has 0 atom stereocenters. The van der Waals surface area contributed by atoms with Gasteiger partial charge in [0.1, 0.15) is 5.75 Å². The Morgan fingerprint density at radius 3 is 2.65 bits per heavy atom. The van der Waals surface area contributed by atoms with Crippen molar-refractivity contribution in [2.45, 2.75) is 33.1 Å². The first-order valence-corrected chi connectivity index (χ1v) is 7.98. The van der Waals surface area contributed by atoms with Crippen molar-refractivity contribution in [3.8, 4) is 17.0 Å². The molecule has 0 aliphatic carbocycles. The maximum absolute atomic E-state index is 11.3. The van der Waals surface area contributed by atoms with Crippen molar-refractivity contribution in [2.75, 3.05) is 6.61 Å². The summed E-state index contributed by atoms with van der Waals surface area (Å²) in [7, 11) is 0. The minimum Gasteiger partial charge on any atom is -0.493 e. The molecule has 0 radical (unpaired) electrons. The number of pyridine rings is 1. The number of hydrogen-bond donors (Lipinski definition) is 1. The van der Waals surface area contributed by atoms with E-state index in [1.54, 1.807) is 24.3 Å². The first-order valence-electron chi connectivity index (χ1n) is 7.61. The van der Waals surface area contributed by atoms with Gasteiger partial charge in [-0.25, -0.2) is 4.79 Å². The summed E-state index contributed by atoms with van der Waals surface area (Å²) < 4.78 is 5.76. The Hall–Kier alpha value is -2.07. The van der Waals surface area contributed by atoms with Gasteiger partial charge in [0.05, 0.1) is 23.6 Å². The Kier molecular flexibility index (Phi) is 5.61. The predicted molar refractivity (Wildman–Crippen MR) is 91.5 cm³/mol. The number of ether oxygens (including phenoxy) is 1. The van der Waals surface area contributed by atoms with Crippen LogP contribution in [0, 0.1) is 0 Å². The smallest absolute Gasteiger partial charge is 0.337 e. The fraction of sp³-hybridized carbons (Fsp3) is 0.333. The fourth-order valence-corrected chi connectivity index (χ4v) is 2.45. The molecular formula is C18H20ClNO3. The van der Waals surface area contributed by atoms with E-state index in [9.17, 15) is 9.90 Å². The summed E-state index contributed by atoms with van der Waals surface area (Å²) in [6.07, 6.45) is 0.884. The van der Waals surface area contributed by atoms with E-state index in [0.717, 1.165) is 12.0 Å². The number of benzene rings is 1. The zero-order valence-corrected chi connectivity index (χ0v) is 14.2. The molecule has 0 unspecified atom stereocenters. The van der Waals surface area contributed by atoms with Crippen LogP contribution in [0.1, 0.15) is 49.2 Å². The number of aromatic nitrogens is 1. The van der Waals surface area contributed by atoms with Gasteiger partial charge in [-0.1, -0.05) is 32.4 Å². The van der Waals surface area contributed by atoms with Crippen molar-refractivity contribution in [3.05, 3.63) is 46.6 Å². The van der Waals surface area contributed by atoms with Gasteiger partial charge in [0.2, 0.25) is 0 Å². The van der Waals surface area contributed by atoms with Crippen molar-refractivity contribution in [1.82, 2.24) is 4.98 Å². The molecule has 2 aromatic rings. The van der Waals surface area contributed by atoms with Gasteiger partial charge in [0, 0.05) is 10.6 Å². The highest BCUT2D eigenvalue weighted by Crippen LogP contribution is 2.33. The van der Waals surface area contributed by atoms with E-state index in [4.69, 9.17) is 16.3 Å². The molecule has 5 heteroatoms. The van der Waals surface area contributed by atoms with Crippen LogP contribution in [0.2, 0.25) is 5.02 Å². The molecular weight excluding hydrogens is 314 g/mol. The molecule has 1 aromatic carbocycles. The highest BCUT2D eigenvalue weighted by atomic mass is 35.5. The lowest BCUT2D eigenvalue weighted by Crippen LogP contribution is -2.07. The van der Waals surface area contributed by atoms with Crippen molar-refractivity contribution >= 4 is 17.6 Å². The van der Waals surface area contributed by atoms with Gasteiger partial charge < -0.3 is 9.84 Å². The number of carbonyl (C=O) groups is 1. The second-order valence-electron chi connectivity index (χ2n) is 5.58. The summed E-state index contributed by atoms with van der Waals surface area (Å²) in [5, 5.41) is 9.89. The first-order chi connectivity index (χ1) is 10.9. The second-order valence-corrected chi connectivity index (χ2v) is 6.01. The van der Waals surface area contributed by atoms with E-state index >= 15 is 0 Å². The molecule has 2 rings (SSSR count). The van der Waals surface area contributed by atoms with Gasteiger partial charge in [-0.15, -0.1) is 0 Å². The van der Waals surface area contributed by atoms with Crippen LogP contribution in [-0.4, -0.2) is 22.7 Å². The molecule has 0 fully saturated rings. The van der Waals surface area contributed by atoms with Crippen LogP contribution in [0.25, 0.3) is 11.3 Å². The van der Waals surface area contributed by atoms with Crippen LogP contribution in [-0.2, 0) is 0 Å². The van der Waals surface area contributed by atoms with Gasteiger partial charge in [-0.05, 0) is 42.7 Å². The molecule has 4 nitrogen and oxygen atoms in total. The molecule has 0 amide bonds. The van der Waals surface area contributed by atoms with Crippen LogP contribution in [0.4, 0.5) is 0 Å². The summed E-state index contributed by atoms with van der Waals surface area (Å²) in [6.45, 7) is 6.46. The highest BCUT2D eigenvalue weighted by Gasteiger charge is 2.17. The van der Waals surface area contributed by atoms with Crippen LogP contribution in [0.15, 0.2) is 30.3 Å². The third kappa shape index (κ3) is 4.02. The number of aromatic carboxylic acids is 1. The third-order valence-electron chi connectivity index (χ3n) is 3.38. The molecule has 122 valence electrons. The molecule has 0 aliphatic heterocycles. The largest absolute Gasteiger partial charge is 0.493 e. The summed E-state index contributed by atoms with van der Waals surface area (Å²) in [6, 6.07) is 8.68. The summed E-state index contributed by atoms with van der Waals surface area (Å²) in [5.74, 6) is -0.302. The topological polar surface area (TPSA) is 59.4 Å². The summed E-state index contributed by atoms with van der Waals surface area (Å²) in [4.78, 5) is 15.9. The predicted octanol–water partition coefficient (Wildman–Crippen LogP) is 5.01. The highest BCUT2D eigenvalue weighted by molar-refractivity contribution is 6.30. The second kappa shape index (κ2) is 7.47. The average molecular weight is 334 g/mol. The Balaban J connectivity index is 2.54. The molecule has 1 heterocycles. The van der Waals surface area contributed by atoms with Crippen LogP contribution < -0.4 is 4.74 Å². The van der Waals surface area contributed by atoms with Crippen molar-refractivity contribution in [1.29, 1.82) is 0 Å². The monoisotopic (exact) mass is 333 g/mol. The van der Waals surface area contributed by atoms with Gasteiger partial charge >= 0.3 is 5.97 Å². The molecule has 0 saturated carbocycles. The van der Waals surface area contributed by atoms with E-state index in [1.165, 1.54) is 0 Å². The Morgan fingerprint density at radius 1 is 1.30 bits per heavy atom. The maximum atomic E-state index is 11.3. The lowest BCUT2D eigenvalue weighted by atomic mass is 10.0. The van der Waals surface area contributed by atoms with Crippen molar-refractivity contribution < 1.29 is 14.6 Å². The van der Waals surface area contributed by atoms with Gasteiger partial charge in [0.25, 0.3) is 0 Å². The van der Waals surface area contributed by atoms with Crippen molar-refractivity contribution in [3.63, 3.8) is 0 Å². The fourth-order valence-electron chi connectivity index (χ4n) is 2.29.